The van der Waals surface area contributed by atoms with Crippen molar-refractivity contribution >= 4 is 21.8 Å². The first-order valence-corrected chi connectivity index (χ1v) is 5.06. The largest absolute Gasteiger partial charge is 0.493 e. The van der Waals surface area contributed by atoms with Crippen molar-refractivity contribution in [1.82, 2.24) is 0 Å². The lowest BCUT2D eigenvalue weighted by molar-refractivity contribution is -0.122. The number of carbonyl (C=O) groups is 1. The van der Waals surface area contributed by atoms with Gasteiger partial charge < -0.3 is 10.5 Å². The molecule has 0 aliphatic heterocycles. The van der Waals surface area contributed by atoms with Crippen LogP contribution in [0.4, 0.5) is 0 Å². The van der Waals surface area contributed by atoms with E-state index in [1.165, 1.54) is 0 Å². The van der Waals surface area contributed by atoms with Gasteiger partial charge in [-0.3, -0.25) is 4.79 Å². The number of hydrogen-bond donors (Lipinski definition) is 1. The minimum atomic E-state index is -0.347. The number of carbonyl (C=O) groups excluding carboxylic acids is 1. The number of primary amides is 1. The van der Waals surface area contributed by atoms with Gasteiger partial charge in [-0.2, -0.15) is 0 Å². The maximum Gasteiger partial charge on any atom is 0.223 e. The Labute approximate surface area is 91.4 Å². The fraction of sp³-hybridized carbons (Fsp3) is 0.300. The molecule has 0 radical (unpaired) electrons. The van der Waals surface area contributed by atoms with Gasteiger partial charge in [-0.1, -0.05) is 28.9 Å². The molecule has 1 aromatic carbocycles. The first-order chi connectivity index (χ1) is 6.59. The van der Waals surface area contributed by atoms with Crippen molar-refractivity contribution in [2.24, 2.45) is 11.7 Å². The van der Waals surface area contributed by atoms with Gasteiger partial charge >= 0.3 is 0 Å². The highest BCUT2D eigenvalue weighted by molar-refractivity contribution is 9.10. The molecule has 1 rings (SSSR count). The first-order valence-electron chi connectivity index (χ1n) is 4.27. The van der Waals surface area contributed by atoms with Gasteiger partial charge in [0.25, 0.3) is 0 Å². The normalized spacial score (nSPS) is 12.1. The monoisotopic (exact) mass is 257 g/mol. The Hall–Kier alpha value is -1.03. The molecule has 0 bridgehead atoms. The van der Waals surface area contributed by atoms with Crippen molar-refractivity contribution in [2.75, 3.05) is 6.61 Å². The van der Waals surface area contributed by atoms with Crippen LogP contribution >= 0.6 is 15.9 Å². The molecule has 0 fully saturated rings. The van der Waals surface area contributed by atoms with Crippen molar-refractivity contribution in [2.45, 2.75) is 6.92 Å². The van der Waals surface area contributed by atoms with Crippen molar-refractivity contribution in [3.8, 4) is 5.75 Å². The van der Waals surface area contributed by atoms with Crippen LogP contribution in [-0.4, -0.2) is 12.5 Å². The molecule has 4 heteroatoms. The van der Waals surface area contributed by atoms with Crippen molar-refractivity contribution in [3.05, 3.63) is 28.7 Å². The Kier molecular flexibility index (Phi) is 3.95. The summed E-state index contributed by atoms with van der Waals surface area (Å²) in [6, 6.07) is 7.45. The molecule has 0 spiro atoms. The number of nitrogens with two attached hydrogens (primary N) is 1. The van der Waals surface area contributed by atoms with Crippen LogP contribution in [0.25, 0.3) is 0 Å². The average Bonchev–Trinajstić information content (AvgIpc) is 2.14. The van der Waals surface area contributed by atoms with Gasteiger partial charge in [0, 0.05) is 4.47 Å². The van der Waals surface area contributed by atoms with Gasteiger partial charge in [-0.05, 0) is 18.2 Å². The topological polar surface area (TPSA) is 52.3 Å². The predicted molar refractivity (Wildman–Crippen MR) is 58.0 cm³/mol. The molecule has 1 unspecified atom stereocenters. The molecule has 0 saturated heterocycles. The zero-order valence-electron chi connectivity index (χ0n) is 7.87. The van der Waals surface area contributed by atoms with Gasteiger partial charge in [-0.25, -0.2) is 0 Å². The van der Waals surface area contributed by atoms with Crippen LogP contribution in [0.5, 0.6) is 5.75 Å². The molecule has 1 atom stereocenters. The lowest BCUT2D eigenvalue weighted by Crippen LogP contribution is -2.25. The summed E-state index contributed by atoms with van der Waals surface area (Å²) in [7, 11) is 0. The number of ether oxygens (including phenoxy) is 1. The standard InChI is InChI=1S/C10H12BrNO2/c1-7(10(12)13)6-14-9-4-2-3-8(11)5-9/h2-5,7H,6H2,1H3,(H2,12,13). The van der Waals surface area contributed by atoms with Crippen LogP contribution in [0, 0.1) is 5.92 Å². The lowest BCUT2D eigenvalue weighted by atomic mass is 10.2. The summed E-state index contributed by atoms with van der Waals surface area (Å²) in [4.78, 5) is 10.7. The van der Waals surface area contributed by atoms with E-state index in [0.29, 0.717) is 6.61 Å². The number of amides is 1. The lowest BCUT2D eigenvalue weighted by Gasteiger charge is -2.09. The summed E-state index contributed by atoms with van der Waals surface area (Å²) < 4.78 is 6.33. The summed E-state index contributed by atoms with van der Waals surface area (Å²) in [5.41, 5.74) is 5.10. The molecule has 1 amide bonds. The molecule has 0 aliphatic rings. The molecule has 2 N–H and O–H groups in total. The molecule has 14 heavy (non-hydrogen) atoms. The Morgan fingerprint density at radius 2 is 2.36 bits per heavy atom. The zero-order chi connectivity index (χ0) is 10.6. The molecular weight excluding hydrogens is 246 g/mol. The number of benzene rings is 1. The maximum atomic E-state index is 10.7. The smallest absolute Gasteiger partial charge is 0.223 e. The van der Waals surface area contributed by atoms with Crippen LogP contribution in [0.2, 0.25) is 0 Å². The first kappa shape index (κ1) is 11.0. The maximum absolute atomic E-state index is 10.7. The van der Waals surface area contributed by atoms with Gasteiger partial charge in [-0.15, -0.1) is 0 Å². The minimum absolute atomic E-state index is 0.269. The van der Waals surface area contributed by atoms with Gasteiger partial charge in [0.2, 0.25) is 5.91 Å². The van der Waals surface area contributed by atoms with Crippen LogP contribution in [0.3, 0.4) is 0 Å². The highest BCUT2D eigenvalue weighted by atomic mass is 79.9. The van der Waals surface area contributed by atoms with E-state index in [2.05, 4.69) is 15.9 Å². The third-order valence-corrected chi connectivity index (χ3v) is 2.28. The Balaban J connectivity index is 2.49. The summed E-state index contributed by atoms with van der Waals surface area (Å²) >= 11 is 3.33. The fourth-order valence-electron chi connectivity index (χ4n) is 0.860. The summed E-state index contributed by atoms with van der Waals surface area (Å²) in [5, 5.41) is 0. The van der Waals surface area contributed by atoms with Crippen molar-refractivity contribution in [1.29, 1.82) is 0 Å². The van der Waals surface area contributed by atoms with E-state index < -0.39 is 0 Å². The minimum Gasteiger partial charge on any atom is -0.493 e. The second kappa shape index (κ2) is 5.00. The van der Waals surface area contributed by atoms with E-state index in [0.717, 1.165) is 10.2 Å². The van der Waals surface area contributed by atoms with Crippen LogP contribution in [0.15, 0.2) is 28.7 Å². The Morgan fingerprint density at radius 3 is 2.93 bits per heavy atom. The molecule has 3 nitrogen and oxygen atoms in total. The molecule has 0 saturated carbocycles. The SMILES string of the molecule is CC(COc1cccc(Br)c1)C(N)=O. The molecule has 76 valence electrons. The third-order valence-electron chi connectivity index (χ3n) is 1.78. The Bertz CT molecular complexity index is 328. The van der Waals surface area contributed by atoms with E-state index in [-0.39, 0.29) is 11.8 Å². The van der Waals surface area contributed by atoms with Gasteiger partial charge in [0.05, 0.1) is 12.5 Å². The van der Waals surface area contributed by atoms with E-state index in [1.807, 2.05) is 24.3 Å². The molecule has 0 aromatic heterocycles. The highest BCUT2D eigenvalue weighted by Gasteiger charge is 2.08. The molecule has 0 aliphatic carbocycles. The van der Waals surface area contributed by atoms with Gasteiger partial charge in [0.1, 0.15) is 5.75 Å². The van der Waals surface area contributed by atoms with Crippen LogP contribution < -0.4 is 10.5 Å². The third kappa shape index (κ3) is 3.38. The van der Waals surface area contributed by atoms with E-state index in [1.54, 1.807) is 6.92 Å². The van der Waals surface area contributed by atoms with E-state index >= 15 is 0 Å². The second-order valence-corrected chi connectivity index (χ2v) is 3.99. The number of hydrogen-bond acceptors (Lipinski definition) is 2. The number of halogens is 1. The summed E-state index contributed by atoms with van der Waals surface area (Å²) in [5.74, 6) is 0.112. The molecule has 1 aromatic rings. The highest BCUT2D eigenvalue weighted by Crippen LogP contribution is 2.18. The van der Waals surface area contributed by atoms with E-state index in [9.17, 15) is 4.79 Å². The summed E-state index contributed by atoms with van der Waals surface area (Å²) in [6.45, 7) is 2.05. The van der Waals surface area contributed by atoms with Crippen molar-refractivity contribution in [3.63, 3.8) is 0 Å². The predicted octanol–water partition coefficient (Wildman–Crippen LogP) is 1.95. The van der Waals surface area contributed by atoms with Crippen LogP contribution in [0.1, 0.15) is 6.92 Å². The Morgan fingerprint density at radius 1 is 1.64 bits per heavy atom. The molecular formula is C10H12BrNO2. The zero-order valence-corrected chi connectivity index (χ0v) is 9.45. The van der Waals surface area contributed by atoms with Crippen molar-refractivity contribution < 1.29 is 9.53 Å². The average molecular weight is 258 g/mol. The van der Waals surface area contributed by atoms with E-state index in [4.69, 9.17) is 10.5 Å². The molecule has 0 heterocycles. The quantitative estimate of drug-likeness (QED) is 0.897. The van der Waals surface area contributed by atoms with Crippen LogP contribution in [-0.2, 0) is 4.79 Å². The summed E-state index contributed by atoms with van der Waals surface area (Å²) in [6.07, 6.45) is 0. The second-order valence-electron chi connectivity index (χ2n) is 3.07. The fourth-order valence-corrected chi connectivity index (χ4v) is 1.24. The van der Waals surface area contributed by atoms with Gasteiger partial charge in [0.15, 0.2) is 0 Å². The number of rotatable bonds is 4.